The molecule has 1 heterocycles. The molecule has 0 unspecified atom stereocenters. The number of benzene rings is 2. The topological polar surface area (TPSA) is 56.3 Å². The first kappa shape index (κ1) is 18.0. The summed E-state index contributed by atoms with van der Waals surface area (Å²) in [7, 11) is 1.62. The summed E-state index contributed by atoms with van der Waals surface area (Å²) in [6.07, 6.45) is 7.89. The SMILES string of the molecule is C#Cc1cccc(Nc2ncnc3cc(OC)c(OCCCBr)cc23)c1. The van der Waals surface area contributed by atoms with Gasteiger partial charge in [-0.3, -0.25) is 0 Å². The van der Waals surface area contributed by atoms with Crippen LogP contribution in [0.25, 0.3) is 10.9 Å². The van der Waals surface area contributed by atoms with E-state index in [1.807, 2.05) is 36.4 Å². The Morgan fingerprint density at radius 2 is 2.08 bits per heavy atom. The van der Waals surface area contributed by atoms with Gasteiger partial charge in [-0.25, -0.2) is 9.97 Å². The Labute approximate surface area is 160 Å². The van der Waals surface area contributed by atoms with E-state index in [1.165, 1.54) is 6.33 Å². The molecule has 0 saturated carbocycles. The molecule has 0 aliphatic carbocycles. The van der Waals surface area contributed by atoms with Gasteiger partial charge in [-0.05, 0) is 30.7 Å². The second kappa shape index (κ2) is 8.54. The van der Waals surface area contributed by atoms with Gasteiger partial charge in [-0.15, -0.1) is 6.42 Å². The number of aromatic nitrogens is 2. The summed E-state index contributed by atoms with van der Waals surface area (Å²) >= 11 is 3.40. The lowest BCUT2D eigenvalue weighted by Gasteiger charge is -2.13. The molecule has 0 saturated heterocycles. The highest BCUT2D eigenvalue weighted by atomic mass is 79.9. The normalized spacial score (nSPS) is 10.3. The first-order valence-electron chi connectivity index (χ1n) is 8.10. The Bertz CT molecular complexity index is 953. The van der Waals surface area contributed by atoms with Crippen LogP contribution in [0.1, 0.15) is 12.0 Å². The fraction of sp³-hybridized carbons (Fsp3) is 0.200. The zero-order valence-corrected chi connectivity index (χ0v) is 15.9. The van der Waals surface area contributed by atoms with Crippen molar-refractivity contribution in [2.24, 2.45) is 0 Å². The van der Waals surface area contributed by atoms with Crippen LogP contribution in [0.5, 0.6) is 11.5 Å². The Morgan fingerprint density at radius 3 is 2.85 bits per heavy atom. The van der Waals surface area contributed by atoms with Crippen molar-refractivity contribution >= 4 is 38.3 Å². The molecule has 132 valence electrons. The van der Waals surface area contributed by atoms with Crippen molar-refractivity contribution in [2.75, 3.05) is 24.4 Å². The minimum Gasteiger partial charge on any atom is -0.493 e. The van der Waals surface area contributed by atoms with Crippen molar-refractivity contribution in [3.63, 3.8) is 0 Å². The van der Waals surface area contributed by atoms with E-state index in [1.54, 1.807) is 7.11 Å². The standard InChI is InChI=1S/C20H18BrN3O2/c1-3-14-6-4-7-15(10-14)24-20-16-11-19(26-9-5-8-21)18(25-2)12-17(16)22-13-23-20/h1,4,6-7,10-13H,5,8-9H2,2H3,(H,22,23,24). The number of hydrogen-bond acceptors (Lipinski definition) is 5. The fourth-order valence-corrected chi connectivity index (χ4v) is 2.73. The second-order valence-corrected chi connectivity index (χ2v) is 6.28. The van der Waals surface area contributed by atoms with Gasteiger partial charge in [-0.2, -0.15) is 0 Å². The van der Waals surface area contributed by atoms with Gasteiger partial charge in [0.2, 0.25) is 0 Å². The van der Waals surface area contributed by atoms with Crippen LogP contribution in [0, 0.1) is 12.3 Å². The Hall–Kier alpha value is -2.78. The van der Waals surface area contributed by atoms with Gasteiger partial charge in [0.25, 0.3) is 0 Å². The monoisotopic (exact) mass is 411 g/mol. The number of terminal acetylenes is 1. The third-order valence-corrected chi connectivity index (χ3v) is 4.31. The first-order valence-corrected chi connectivity index (χ1v) is 9.22. The number of methoxy groups -OCH3 is 1. The molecule has 0 radical (unpaired) electrons. The highest BCUT2D eigenvalue weighted by molar-refractivity contribution is 9.09. The molecule has 1 aromatic heterocycles. The molecule has 6 heteroatoms. The van der Waals surface area contributed by atoms with Gasteiger partial charge < -0.3 is 14.8 Å². The molecule has 0 spiro atoms. The second-order valence-electron chi connectivity index (χ2n) is 5.48. The summed E-state index contributed by atoms with van der Waals surface area (Å²) in [6.45, 7) is 0.591. The molecule has 0 fully saturated rings. The van der Waals surface area contributed by atoms with Gasteiger partial charge in [0.1, 0.15) is 12.1 Å². The van der Waals surface area contributed by atoms with E-state index in [-0.39, 0.29) is 0 Å². The quantitative estimate of drug-likeness (QED) is 0.351. The lowest BCUT2D eigenvalue weighted by atomic mass is 10.2. The molecule has 0 amide bonds. The molecular weight excluding hydrogens is 394 g/mol. The molecule has 0 aliphatic rings. The maximum atomic E-state index is 5.85. The van der Waals surface area contributed by atoms with E-state index in [9.17, 15) is 0 Å². The third kappa shape index (κ3) is 4.06. The average Bonchev–Trinajstić information content (AvgIpc) is 2.68. The number of nitrogens with one attached hydrogen (secondary N) is 1. The number of nitrogens with zero attached hydrogens (tertiary/aromatic N) is 2. The maximum Gasteiger partial charge on any atom is 0.162 e. The van der Waals surface area contributed by atoms with Gasteiger partial charge >= 0.3 is 0 Å². The highest BCUT2D eigenvalue weighted by Crippen LogP contribution is 2.34. The van der Waals surface area contributed by atoms with Crippen molar-refractivity contribution in [1.29, 1.82) is 0 Å². The molecule has 2 aromatic carbocycles. The van der Waals surface area contributed by atoms with Crippen molar-refractivity contribution in [3.8, 4) is 23.8 Å². The van der Waals surface area contributed by atoms with Crippen LogP contribution >= 0.6 is 15.9 Å². The molecule has 0 aliphatic heterocycles. The fourth-order valence-electron chi connectivity index (χ4n) is 2.50. The highest BCUT2D eigenvalue weighted by Gasteiger charge is 2.12. The molecule has 0 atom stereocenters. The van der Waals surface area contributed by atoms with Gasteiger partial charge in [0.05, 0.1) is 19.2 Å². The molecule has 3 aromatic rings. The number of halogens is 1. The van der Waals surface area contributed by atoms with Crippen LogP contribution in [0.4, 0.5) is 11.5 Å². The zero-order chi connectivity index (χ0) is 18.4. The van der Waals surface area contributed by atoms with Crippen LogP contribution in [-0.2, 0) is 0 Å². The largest absolute Gasteiger partial charge is 0.493 e. The summed E-state index contributed by atoms with van der Waals surface area (Å²) in [4.78, 5) is 8.71. The Balaban J connectivity index is 1.99. The average molecular weight is 412 g/mol. The number of hydrogen-bond donors (Lipinski definition) is 1. The summed E-state index contributed by atoms with van der Waals surface area (Å²) in [6, 6.07) is 11.4. The van der Waals surface area contributed by atoms with Crippen molar-refractivity contribution in [3.05, 3.63) is 48.3 Å². The summed E-state index contributed by atoms with van der Waals surface area (Å²) < 4.78 is 11.3. The minimum absolute atomic E-state index is 0.591. The lowest BCUT2D eigenvalue weighted by Crippen LogP contribution is -2.01. The maximum absolute atomic E-state index is 5.85. The van der Waals surface area contributed by atoms with E-state index in [0.717, 1.165) is 33.9 Å². The van der Waals surface area contributed by atoms with E-state index in [0.29, 0.717) is 23.9 Å². The van der Waals surface area contributed by atoms with Gasteiger partial charge in [-0.1, -0.05) is 27.9 Å². The van der Waals surface area contributed by atoms with Gasteiger partial charge in [0.15, 0.2) is 11.5 Å². The van der Waals surface area contributed by atoms with E-state index in [2.05, 4.69) is 37.1 Å². The zero-order valence-electron chi connectivity index (χ0n) is 14.3. The van der Waals surface area contributed by atoms with Crippen molar-refractivity contribution in [1.82, 2.24) is 9.97 Å². The van der Waals surface area contributed by atoms with Gasteiger partial charge in [0, 0.05) is 28.0 Å². The smallest absolute Gasteiger partial charge is 0.162 e. The summed E-state index contributed by atoms with van der Waals surface area (Å²) in [5, 5.41) is 5.02. The number of fused-ring (bicyclic) bond motifs is 1. The first-order chi connectivity index (χ1) is 12.7. The number of ether oxygens (including phenoxy) is 2. The predicted molar refractivity (Wildman–Crippen MR) is 108 cm³/mol. The Kier molecular flexibility index (Phi) is 5.92. The molecule has 0 bridgehead atoms. The predicted octanol–water partition coefficient (Wildman–Crippen LogP) is 4.53. The van der Waals surface area contributed by atoms with Crippen molar-refractivity contribution < 1.29 is 9.47 Å². The molecule has 1 N–H and O–H groups in total. The van der Waals surface area contributed by atoms with Crippen LogP contribution in [-0.4, -0.2) is 29.0 Å². The van der Waals surface area contributed by atoms with E-state index >= 15 is 0 Å². The summed E-state index contributed by atoms with van der Waals surface area (Å²) in [5.74, 6) is 4.62. The molecule has 5 nitrogen and oxygen atoms in total. The minimum atomic E-state index is 0.591. The van der Waals surface area contributed by atoms with Crippen molar-refractivity contribution in [2.45, 2.75) is 6.42 Å². The molecular formula is C20H18BrN3O2. The number of rotatable bonds is 7. The van der Waals surface area contributed by atoms with Crippen LogP contribution in [0.15, 0.2) is 42.7 Å². The molecule has 26 heavy (non-hydrogen) atoms. The number of anilines is 2. The van der Waals surface area contributed by atoms with E-state index < -0.39 is 0 Å². The van der Waals surface area contributed by atoms with Crippen LogP contribution in [0.2, 0.25) is 0 Å². The van der Waals surface area contributed by atoms with Crippen LogP contribution < -0.4 is 14.8 Å². The lowest BCUT2D eigenvalue weighted by molar-refractivity contribution is 0.296. The summed E-state index contributed by atoms with van der Waals surface area (Å²) in [5.41, 5.74) is 2.42. The van der Waals surface area contributed by atoms with E-state index in [4.69, 9.17) is 15.9 Å². The van der Waals surface area contributed by atoms with Crippen LogP contribution in [0.3, 0.4) is 0 Å². The molecule has 3 rings (SSSR count). The Morgan fingerprint density at radius 1 is 1.19 bits per heavy atom. The third-order valence-electron chi connectivity index (χ3n) is 3.75. The number of alkyl halides is 1.